The molecule has 0 unspecified atom stereocenters. The topological polar surface area (TPSA) is 227 Å². The Morgan fingerprint density at radius 3 is 1.34 bits per heavy atom. The van der Waals surface area contributed by atoms with Gasteiger partial charge in [-0.15, -0.1) is 0 Å². The van der Waals surface area contributed by atoms with Gasteiger partial charge in [0, 0.05) is 83.6 Å². The van der Waals surface area contributed by atoms with Crippen molar-refractivity contribution in [2.45, 2.75) is 111 Å². The van der Waals surface area contributed by atoms with Crippen LogP contribution in [0.3, 0.4) is 0 Å². The molecule has 324 valence electrons. The maximum atomic E-state index is 11.7. The largest absolute Gasteiger partial charge is 0.444 e. The summed E-state index contributed by atoms with van der Waals surface area (Å²) in [5.41, 5.74) is 6.95. The van der Waals surface area contributed by atoms with Gasteiger partial charge in [0.05, 0.1) is 54.3 Å². The fourth-order valence-corrected chi connectivity index (χ4v) is 6.29. The highest BCUT2D eigenvalue weighted by molar-refractivity contribution is 9.08. The summed E-state index contributed by atoms with van der Waals surface area (Å²) < 4.78 is 10.2. The molecule has 59 heavy (non-hydrogen) atoms. The number of carbonyl (C=O) groups excluding carboxylic acids is 4. The van der Waals surface area contributed by atoms with Crippen molar-refractivity contribution in [3.8, 4) is 0 Å². The zero-order valence-corrected chi connectivity index (χ0v) is 37.4. The number of hydrogen-bond donors (Lipinski definition) is 3. The van der Waals surface area contributed by atoms with Gasteiger partial charge in [-0.1, -0.05) is 15.9 Å². The van der Waals surface area contributed by atoms with Crippen molar-refractivity contribution in [3.63, 3.8) is 0 Å². The molecule has 0 bridgehead atoms. The molecule has 0 saturated carbocycles. The molecule has 2 atom stereocenters. The van der Waals surface area contributed by atoms with Crippen molar-refractivity contribution in [1.82, 2.24) is 49.5 Å². The number of aromatic nitrogens is 6. The molecule has 4 N–H and O–H groups in total. The molecular formula is C39H60BrN13O6. The minimum Gasteiger partial charge on any atom is -0.444 e. The quantitative estimate of drug-likeness (QED) is 0.273. The summed E-state index contributed by atoms with van der Waals surface area (Å²) in [7, 11) is 0. The fourth-order valence-electron chi connectivity index (χ4n) is 6.00. The lowest BCUT2D eigenvalue weighted by atomic mass is 10.2. The van der Waals surface area contributed by atoms with E-state index in [0.29, 0.717) is 29.3 Å². The average molecular weight is 887 g/mol. The molecular weight excluding hydrogens is 826 g/mol. The van der Waals surface area contributed by atoms with Gasteiger partial charge in [-0.05, 0) is 55.4 Å². The normalized spacial score (nSPS) is 17.3. The number of piperazine rings is 2. The van der Waals surface area contributed by atoms with Crippen LogP contribution in [0.4, 0.5) is 27.0 Å². The second-order valence-corrected chi connectivity index (χ2v) is 16.8. The molecule has 2 aliphatic rings. The molecule has 3 aromatic rings. The van der Waals surface area contributed by atoms with E-state index in [2.05, 4.69) is 73.2 Å². The number of carbonyl (C=O) groups is 4. The van der Waals surface area contributed by atoms with Crippen LogP contribution in [0.25, 0.3) is 0 Å². The van der Waals surface area contributed by atoms with E-state index in [-0.39, 0.29) is 23.9 Å². The lowest BCUT2D eigenvalue weighted by Gasteiger charge is -2.39. The van der Waals surface area contributed by atoms with Crippen LogP contribution in [0.2, 0.25) is 0 Å². The van der Waals surface area contributed by atoms with Crippen molar-refractivity contribution in [2.75, 3.05) is 55.6 Å². The fraction of sp³-hybridized carbons (Fsp3) is 0.590. The van der Waals surface area contributed by atoms with Crippen LogP contribution in [0.15, 0.2) is 37.2 Å². The Morgan fingerprint density at radius 1 is 0.644 bits per heavy atom. The first-order chi connectivity index (χ1) is 27.6. The minimum absolute atomic E-state index is 0.115. The molecule has 19 nitrogen and oxygen atoms in total. The second-order valence-electron chi connectivity index (χ2n) is 16.2. The Morgan fingerprint density at radius 2 is 1.03 bits per heavy atom. The van der Waals surface area contributed by atoms with Crippen LogP contribution in [0.5, 0.6) is 0 Å². The van der Waals surface area contributed by atoms with Crippen molar-refractivity contribution in [2.24, 2.45) is 0 Å². The average Bonchev–Trinajstić information content (AvgIpc) is 3.12. The van der Waals surface area contributed by atoms with Gasteiger partial charge < -0.3 is 25.0 Å². The van der Waals surface area contributed by atoms with Gasteiger partial charge in [-0.25, -0.2) is 24.5 Å². The summed E-state index contributed by atoms with van der Waals surface area (Å²) in [6.07, 6.45) is 8.43. The lowest BCUT2D eigenvalue weighted by molar-refractivity contribution is -0.134. The predicted octanol–water partition coefficient (Wildman–Crippen LogP) is 4.71. The third kappa shape index (κ3) is 18.2. The molecule has 0 spiro atoms. The van der Waals surface area contributed by atoms with Crippen molar-refractivity contribution >= 4 is 57.4 Å². The summed E-state index contributed by atoms with van der Waals surface area (Å²) >= 11 is 3.26. The van der Waals surface area contributed by atoms with Crippen LogP contribution in [-0.4, -0.2) is 136 Å². The number of nitrogens with one attached hydrogen (secondary N) is 2. The zero-order chi connectivity index (χ0) is 43.9. The second kappa shape index (κ2) is 22.3. The molecule has 0 radical (unpaired) electrons. The highest BCUT2D eigenvalue weighted by Gasteiger charge is 2.27. The van der Waals surface area contributed by atoms with Gasteiger partial charge in [0.2, 0.25) is 11.8 Å². The monoisotopic (exact) mass is 885 g/mol. The molecule has 5 rings (SSSR count). The first-order valence-corrected chi connectivity index (χ1v) is 20.5. The summed E-state index contributed by atoms with van der Waals surface area (Å²) in [6.45, 7) is 24.4. The molecule has 2 fully saturated rings. The highest BCUT2D eigenvalue weighted by atomic mass is 79.9. The smallest absolute Gasteiger partial charge is 0.413 e. The van der Waals surface area contributed by atoms with E-state index in [9.17, 15) is 19.2 Å². The Hall–Kier alpha value is -5.08. The van der Waals surface area contributed by atoms with E-state index in [1.54, 1.807) is 80.2 Å². The lowest BCUT2D eigenvalue weighted by Crippen LogP contribution is -2.53. The number of anilines is 3. The number of rotatable bonds is 7. The van der Waals surface area contributed by atoms with E-state index in [4.69, 9.17) is 15.2 Å². The number of nitrogens with zero attached hydrogens (tertiary/aromatic N) is 10. The Labute approximate surface area is 355 Å². The number of nitrogen functional groups attached to an aromatic ring is 1. The van der Waals surface area contributed by atoms with Crippen LogP contribution >= 0.6 is 15.9 Å². The number of alkyl halides is 1. The Balaban J connectivity index is 0.000000244. The molecule has 2 saturated heterocycles. The molecule has 5 heterocycles. The first-order valence-electron chi connectivity index (χ1n) is 19.3. The predicted molar refractivity (Wildman–Crippen MR) is 227 cm³/mol. The number of amides is 4. The number of nitrogens with two attached hydrogens (primary N) is 1. The summed E-state index contributed by atoms with van der Waals surface area (Å²) in [5, 5.41) is 5.69. The third-order valence-corrected chi connectivity index (χ3v) is 9.11. The van der Waals surface area contributed by atoms with Crippen LogP contribution in [0, 0.1) is 0 Å². The van der Waals surface area contributed by atoms with Crippen molar-refractivity contribution in [3.05, 3.63) is 54.3 Å². The summed E-state index contributed by atoms with van der Waals surface area (Å²) in [5.74, 6) is 1.43. The van der Waals surface area contributed by atoms with E-state index in [0.717, 1.165) is 62.9 Å². The van der Waals surface area contributed by atoms with E-state index in [1.807, 2.05) is 16.7 Å². The van der Waals surface area contributed by atoms with Gasteiger partial charge in [-0.2, -0.15) is 0 Å². The van der Waals surface area contributed by atoms with Crippen LogP contribution < -0.4 is 16.4 Å². The van der Waals surface area contributed by atoms with E-state index in [1.165, 1.54) is 12.4 Å². The minimum atomic E-state index is -0.559. The Bertz CT molecular complexity index is 1810. The molecule has 4 amide bonds. The van der Waals surface area contributed by atoms with Crippen molar-refractivity contribution < 1.29 is 28.7 Å². The van der Waals surface area contributed by atoms with Crippen molar-refractivity contribution in [1.29, 1.82) is 0 Å². The SMILES string of the molecule is CC(=O)N1CCN(Cc2cnc(N)cn2)C[C@@H]1C.CC(=O)N1CCN(Cc2cnc(NC(=O)OC(C)(C)C)cn2)C[C@@H]1C.CC(C)(C)OC(=O)Nc1cnc(CBr)cn1. The van der Waals surface area contributed by atoms with Gasteiger partial charge in [0.1, 0.15) is 17.0 Å². The number of halogens is 1. The van der Waals surface area contributed by atoms with E-state index < -0.39 is 23.4 Å². The standard InChI is InChI=1S/C17H27N5O3.C12H19N5O.C10H14BrN3O2/c1-12-10-21(6-7-22(12)13(2)23)11-14-8-19-15(9-18-14)20-16(24)25-17(3,4)5;1-9-7-16(3-4-17(9)10(2)18)8-11-5-15-12(13)6-14-11;1-10(2,3)16-9(15)14-8-6-12-7(4-11)5-13-8/h8-9,12H,6-7,10-11H2,1-5H3,(H,19,20,24);5-6,9H,3-4,7-8H2,1-2H3,(H2,13,15);5-6H,4H2,1-3H3,(H,13,14,15)/t12-;9-;/m00./s1. The highest BCUT2D eigenvalue weighted by Crippen LogP contribution is 2.15. The van der Waals surface area contributed by atoms with Gasteiger partial charge in [-0.3, -0.25) is 45.0 Å². The van der Waals surface area contributed by atoms with E-state index >= 15 is 0 Å². The molecule has 0 aromatic carbocycles. The molecule has 3 aromatic heterocycles. The molecule has 20 heteroatoms. The number of ether oxygens (including phenoxy) is 2. The van der Waals surface area contributed by atoms with Gasteiger partial charge in [0.25, 0.3) is 0 Å². The maximum absolute atomic E-state index is 11.7. The summed E-state index contributed by atoms with van der Waals surface area (Å²) in [6, 6.07) is 0.435. The number of hydrogen-bond acceptors (Lipinski definition) is 15. The molecule has 2 aliphatic heterocycles. The summed E-state index contributed by atoms with van der Waals surface area (Å²) in [4.78, 5) is 79.2. The van der Waals surface area contributed by atoms with Gasteiger partial charge in [0.15, 0.2) is 11.6 Å². The maximum Gasteiger partial charge on any atom is 0.413 e. The first kappa shape index (κ1) is 48.3. The molecule has 0 aliphatic carbocycles. The van der Waals surface area contributed by atoms with Crippen LogP contribution in [0.1, 0.15) is 86.3 Å². The zero-order valence-electron chi connectivity index (χ0n) is 35.9. The Kier molecular flexibility index (Phi) is 18.3. The van der Waals surface area contributed by atoms with Gasteiger partial charge >= 0.3 is 12.2 Å². The third-order valence-electron chi connectivity index (χ3n) is 8.53. The van der Waals surface area contributed by atoms with Crippen LogP contribution in [-0.2, 0) is 37.5 Å².